The number of carbonyl (C=O) groups excluding carboxylic acids is 1. The number of amides is 1. The maximum atomic E-state index is 13.0. The van der Waals surface area contributed by atoms with Gasteiger partial charge in [0.2, 0.25) is 5.91 Å². The molecular formula is C16H21N3O3S2. The molecule has 1 aliphatic rings. The third kappa shape index (κ3) is 3.39. The van der Waals surface area contributed by atoms with E-state index in [9.17, 15) is 13.2 Å². The molecule has 0 N–H and O–H groups in total. The third-order valence-corrected chi connectivity index (χ3v) is 7.10. The first-order valence-corrected chi connectivity index (χ1v) is 10.7. The van der Waals surface area contributed by atoms with Crippen molar-refractivity contribution in [3.63, 3.8) is 0 Å². The summed E-state index contributed by atoms with van der Waals surface area (Å²) in [7, 11) is -3.15. The van der Waals surface area contributed by atoms with Gasteiger partial charge >= 0.3 is 0 Å². The molecule has 0 unspecified atom stereocenters. The number of hydrogen-bond donors (Lipinski definition) is 0. The van der Waals surface area contributed by atoms with Gasteiger partial charge in [-0.1, -0.05) is 6.07 Å². The predicted molar refractivity (Wildman–Crippen MR) is 93.7 cm³/mol. The lowest BCUT2D eigenvalue weighted by atomic mass is 10.0. The molecule has 1 aliphatic heterocycles. The molecule has 0 spiro atoms. The second-order valence-corrected chi connectivity index (χ2v) is 9.24. The topological polar surface area (TPSA) is 72.3 Å². The Morgan fingerprint density at radius 2 is 2.29 bits per heavy atom. The molecule has 2 aromatic rings. The van der Waals surface area contributed by atoms with Gasteiger partial charge in [-0.25, -0.2) is 8.42 Å². The van der Waals surface area contributed by atoms with Crippen molar-refractivity contribution in [2.45, 2.75) is 32.4 Å². The average molecular weight is 367 g/mol. The minimum Gasteiger partial charge on any atom is -0.333 e. The van der Waals surface area contributed by atoms with Crippen molar-refractivity contribution in [1.82, 2.24) is 14.7 Å². The number of sulfone groups is 1. The summed E-state index contributed by atoms with van der Waals surface area (Å²) in [6.45, 7) is 4.79. The second-order valence-electron chi connectivity index (χ2n) is 6.03. The smallest absolute Gasteiger partial charge is 0.231 e. The van der Waals surface area contributed by atoms with E-state index >= 15 is 0 Å². The molecule has 1 fully saturated rings. The summed E-state index contributed by atoms with van der Waals surface area (Å²) in [6.07, 6.45) is 3.51. The molecule has 0 saturated carbocycles. The van der Waals surface area contributed by atoms with Crippen LogP contribution in [0.25, 0.3) is 0 Å². The molecule has 3 heterocycles. The lowest BCUT2D eigenvalue weighted by molar-refractivity contribution is -0.134. The van der Waals surface area contributed by atoms with Gasteiger partial charge in [-0.05, 0) is 25.3 Å². The van der Waals surface area contributed by atoms with Gasteiger partial charge in [-0.2, -0.15) is 5.10 Å². The van der Waals surface area contributed by atoms with E-state index in [4.69, 9.17) is 0 Å². The number of aryl methyl sites for hydroxylation is 1. The summed E-state index contributed by atoms with van der Waals surface area (Å²) in [5, 5.41) is 6.18. The fraction of sp³-hybridized carbons (Fsp3) is 0.500. The maximum absolute atomic E-state index is 13.0. The molecule has 130 valence electrons. The van der Waals surface area contributed by atoms with Crippen LogP contribution >= 0.6 is 11.3 Å². The first kappa shape index (κ1) is 17.2. The number of aromatic nitrogens is 2. The van der Waals surface area contributed by atoms with E-state index in [1.807, 2.05) is 37.6 Å². The number of thiophene rings is 1. The summed E-state index contributed by atoms with van der Waals surface area (Å²) < 4.78 is 26.0. The van der Waals surface area contributed by atoms with Crippen LogP contribution in [0.3, 0.4) is 0 Å². The van der Waals surface area contributed by atoms with Gasteiger partial charge in [0.1, 0.15) is 0 Å². The minimum absolute atomic E-state index is 0.0221. The summed E-state index contributed by atoms with van der Waals surface area (Å²) in [5.74, 6) is -0.310. The van der Waals surface area contributed by atoms with Crippen LogP contribution in [0.4, 0.5) is 0 Å². The van der Waals surface area contributed by atoms with Crippen LogP contribution in [-0.2, 0) is 21.2 Å². The first-order valence-electron chi connectivity index (χ1n) is 7.98. The highest BCUT2D eigenvalue weighted by atomic mass is 32.2. The highest BCUT2D eigenvalue weighted by Crippen LogP contribution is 2.31. The monoisotopic (exact) mass is 367 g/mol. The van der Waals surface area contributed by atoms with Gasteiger partial charge in [-0.15, -0.1) is 11.3 Å². The Labute approximate surface area is 146 Å². The molecule has 0 bridgehead atoms. The predicted octanol–water partition coefficient (Wildman–Crippen LogP) is 2.07. The Hall–Kier alpha value is -1.67. The lowest BCUT2D eigenvalue weighted by Crippen LogP contribution is -2.47. The van der Waals surface area contributed by atoms with Crippen LogP contribution in [0, 0.1) is 0 Å². The van der Waals surface area contributed by atoms with E-state index in [1.165, 1.54) is 0 Å². The van der Waals surface area contributed by atoms with Crippen LogP contribution in [0.5, 0.6) is 0 Å². The SMILES string of the molecule is CCn1cc([C@@H]2CS(=O)(=O)CCN2C(=O)[C@H](C)c2cccs2)cn1. The molecule has 24 heavy (non-hydrogen) atoms. The molecule has 1 amide bonds. The van der Waals surface area contributed by atoms with Crippen molar-refractivity contribution in [1.29, 1.82) is 0 Å². The highest BCUT2D eigenvalue weighted by Gasteiger charge is 2.37. The Kier molecular flexibility index (Phi) is 4.78. The fourth-order valence-electron chi connectivity index (χ4n) is 2.98. The van der Waals surface area contributed by atoms with Crippen molar-refractivity contribution in [3.8, 4) is 0 Å². The number of nitrogens with zero attached hydrogens (tertiary/aromatic N) is 3. The zero-order valence-electron chi connectivity index (χ0n) is 13.8. The largest absolute Gasteiger partial charge is 0.333 e. The first-order chi connectivity index (χ1) is 11.4. The van der Waals surface area contributed by atoms with Gasteiger partial charge in [0, 0.05) is 29.7 Å². The number of carbonyl (C=O) groups is 1. The zero-order chi connectivity index (χ0) is 17.3. The molecule has 3 rings (SSSR count). The fourth-order valence-corrected chi connectivity index (χ4v) is 5.25. The Morgan fingerprint density at radius 3 is 2.92 bits per heavy atom. The molecule has 0 radical (unpaired) electrons. The molecule has 8 heteroatoms. The normalized spacial score (nSPS) is 21.6. The van der Waals surface area contributed by atoms with Crippen LogP contribution in [0.15, 0.2) is 29.9 Å². The molecule has 6 nitrogen and oxygen atoms in total. The van der Waals surface area contributed by atoms with Crippen molar-refractivity contribution in [2.75, 3.05) is 18.1 Å². The molecule has 0 aromatic carbocycles. The van der Waals surface area contributed by atoms with Crippen molar-refractivity contribution < 1.29 is 13.2 Å². The summed E-state index contributed by atoms with van der Waals surface area (Å²) in [5.41, 5.74) is 0.784. The molecule has 2 atom stereocenters. The van der Waals surface area contributed by atoms with E-state index in [0.29, 0.717) is 6.54 Å². The van der Waals surface area contributed by atoms with Gasteiger partial charge in [0.15, 0.2) is 9.84 Å². The van der Waals surface area contributed by atoms with Crippen LogP contribution in [-0.4, -0.2) is 47.1 Å². The number of hydrogen-bond acceptors (Lipinski definition) is 5. The van der Waals surface area contributed by atoms with Crippen molar-refractivity contribution in [3.05, 3.63) is 40.3 Å². The lowest BCUT2D eigenvalue weighted by Gasteiger charge is -2.36. The van der Waals surface area contributed by atoms with Gasteiger partial charge in [0.25, 0.3) is 0 Å². The molecular weight excluding hydrogens is 346 g/mol. The van der Waals surface area contributed by atoms with E-state index in [1.54, 1.807) is 27.1 Å². The third-order valence-electron chi connectivity index (χ3n) is 4.42. The van der Waals surface area contributed by atoms with Gasteiger partial charge < -0.3 is 4.90 Å². The Morgan fingerprint density at radius 1 is 1.50 bits per heavy atom. The van der Waals surface area contributed by atoms with E-state index < -0.39 is 15.9 Å². The Balaban J connectivity index is 1.90. The van der Waals surface area contributed by atoms with Crippen LogP contribution in [0.1, 0.15) is 36.2 Å². The molecule has 0 aliphatic carbocycles. The Bertz CT molecular complexity index is 812. The van der Waals surface area contributed by atoms with Crippen molar-refractivity contribution >= 4 is 27.1 Å². The van der Waals surface area contributed by atoms with Gasteiger partial charge in [-0.3, -0.25) is 9.48 Å². The van der Waals surface area contributed by atoms with Crippen molar-refractivity contribution in [2.24, 2.45) is 0 Å². The second kappa shape index (κ2) is 6.68. The maximum Gasteiger partial charge on any atom is 0.231 e. The van der Waals surface area contributed by atoms with E-state index in [-0.39, 0.29) is 29.9 Å². The van der Waals surface area contributed by atoms with Gasteiger partial charge in [0.05, 0.1) is 29.7 Å². The molecule has 1 saturated heterocycles. The number of rotatable bonds is 4. The van der Waals surface area contributed by atoms with E-state index in [0.717, 1.165) is 10.4 Å². The average Bonchev–Trinajstić information content (AvgIpc) is 3.24. The summed E-state index contributed by atoms with van der Waals surface area (Å²) in [4.78, 5) is 15.7. The standard InChI is InChI=1S/C16H21N3O3S2/c1-3-18-10-13(9-17-18)14-11-24(21,22)8-6-19(14)16(20)12(2)15-5-4-7-23-15/h4-5,7,9-10,12,14H,3,6,8,11H2,1-2H3/t12-,14+/m1/s1. The zero-order valence-corrected chi connectivity index (χ0v) is 15.4. The molecule has 2 aromatic heterocycles. The van der Waals surface area contributed by atoms with E-state index in [2.05, 4.69) is 5.10 Å². The highest BCUT2D eigenvalue weighted by molar-refractivity contribution is 7.91. The van der Waals surface area contributed by atoms with Crippen LogP contribution < -0.4 is 0 Å². The summed E-state index contributed by atoms with van der Waals surface area (Å²) in [6, 6.07) is 3.41. The van der Waals surface area contributed by atoms with Crippen LogP contribution in [0.2, 0.25) is 0 Å². The summed E-state index contributed by atoms with van der Waals surface area (Å²) >= 11 is 1.55. The minimum atomic E-state index is -3.15. The quantitative estimate of drug-likeness (QED) is 0.829.